The van der Waals surface area contributed by atoms with Crippen LogP contribution in [0.4, 0.5) is 0 Å². The first-order chi connectivity index (χ1) is 5.29. The average Bonchev–Trinajstić information content (AvgIpc) is 2.56. The molecule has 3 unspecified atom stereocenters. The summed E-state index contributed by atoms with van der Waals surface area (Å²) in [6.45, 7) is 2.20. The summed E-state index contributed by atoms with van der Waals surface area (Å²) in [5, 5.41) is 11.7. The maximum absolute atomic E-state index is 9.73. The fourth-order valence-corrected chi connectivity index (χ4v) is 2.25. The third kappa shape index (κ3) is 1.33. The Morgan fingerprint density at radius 3 is 2.91 bits per heavy atom. The molecule has 0 bridgehead atoms. The summed E-state index contributed by atoms with van der Waals surface area (Å²) in [5.74, 6) is 1.26. The number of aliphatic hydroxyl groups is 1. The molecule has 0 aromatic carbocycles. The van der Waals surface area contributed by atoms with Crippen molar-refractivity contribution in [2.24, 2.45) is 11.8 Å². The molecule has 0 spiro atoms. The van der Waals surface area contributed by atoms with E-state index in [0.717, 1.165) is 10.8 Å². The maximum Gasteiger partial charge on any atom is 0.0912 e. The van der Waals surface area contributed by atoms with E-state index in [-0.39, 0.29) is 6.10 Å². The number of rotatable bonds is 2. The Labute approximate surface area is 70.7 Å². The molecular weight excluding hydrogens is 156 g/mol. The quantitative estimate of drug-likeness (QED) is 0.719. The predicted molar refractivity (Wildman–Crippen MR) is 46.5 cm³/mol. The summed E-state index contributed by atoms with van der Waals surface area (Å²) in [7, 11) is 0. The molecule has 1 N–H and O–H groups in total. The van der Waals surface area contributed by atoms with Gasteiger partial charge in [-0.3, -0.25) is 0 Å². The molecule has 1 fully saturated rings. The van der Waals surface area contributed by atoms with Crippen LogP contribution in [-0.2, 0) is 0 Å². The topological polar surface area (TPSA) is 20.2 Å². The van der Waals surface area contributed by atoms with E-state index in [1.807, 2.05) is 17.5 Å². The standard InChI is InChI=1S/C9H12OS/c1-6-5-7(6)9(10)8-3-2-4-11-8/h2-4,6-7,9-10H,5H2,1H3. The Morgan fingerprint density at radius 1 is 1.73 bits per heavy atom. The van der Waals surface area contributed by atoms with Crippen molar-refractivity contribution in [1.29, 1.82) is 0 Å². The van der Waals surface area contributed by atoms with Gasteiger partial charge >= 0.3 is 0 Å². The molecule has 1 aromatic heterocycles. The molecule has 1 aromatic rings. The summed E-state index contributed by atoms with van der Waals surface area (Å²) in [5.41, 5.74) is 0. The Balaban J connectivity index is 2.06. The monoisotopic (exact) mass is 168 g/mol. The van der Waals surface area contributed by atoms with E-state index in [2.05, 4.69) is 6.92 Å². The van der Waals surface area contributed by atoms with Gasteiger partial charge in [-0.25, -0.2) is 0 Å². The molecule has 2 heteroatoms. The van der Waals surface area contributed by atoms with Crippen LogP contribution in [0.15, 0.2) is 17.5 Å². The van der Waals surface area contributed by atoms with E-state index in [1.54, 1.807) is 11.3 Å². The van der Waals surface area contributed by atoms with Crippen LogP contribution in [0.2, 0.25) is 0 Å². The molecule has 1 heterocycles. The van der Waals surface area contributed by atoms with Gasteiger partial charge in [0.05, 0.1) is 6.10 Å². The van der Waals surface area contributed by atoms with Gasteiger partial charge in [-0.05, 0) is 29.7 Å². The van der Waals surface area contributed by atoms with E-state index in [9.17, 15) is 5.11 Å². The summed E-state index contributed by atoms with van der Waals surface area (Å²) < 4.78 is 0. The second kappa shape index (κ2) is 2.61. The van der Waals surface area contributed by atoms with Crippen molar-refractivity contribution in [2.45, 2.75) is 19.4 Å². The highest BCUT2D eigenvalue weighted by Crippen LogP contribution is 2.47. The van der Waals surface area contributed by atoms with Crippen molar-refractivity contribution >= 4 is 11.3 Å². The lowest BCUT2D eigenvalue weighted by molar-refractivity contribution is 0.152. The largest absolute Gasteiger partial charge is 0.387 e. The Bertz CT molecular complexity index is 230. The van der Waals surface area contributed by atoms with Crippen molar-refractivity contribution < 1.29 is 5.11 Å². The number of hydrogen-bond acceptors (Lipinski definition) is 2. The van der Waals surface area contributed by atoms with Gasteiger partial charge in [-0.2, -0.15) is 0 Å². The minimum absolute atomic E-state index is 0.190. The van der Waals surface area contributed by atoms with Gasteiger partial charge in [0.1, 0.15) is 0 Å². The fourth-order valence-electron chi connectivity index (χ4n) is 1.46. The maximum atomic E-state index is 9.73. The van der Waals surface area contributed by atoms with E-state index in [1.165, 1.54) is 6.42 Å². The minimum Gasteiger partial charge on any atom is -0.387 e. The summed E-state index contributed by atoms with van der Waals surface area (Å²) in [6, 6.07) is 4.01. The molecule has 1 aliphatic carbocycles. The predicted octanol–water partition coefficient (Wildman–Crippen LogP) is 2.44. The van der Waals surface area contributed by atoms with Crippen LogP contribution >= 0.6 is 11.3 Å². The van der Waals surface area contributed by atoms with Crippen molar-refractivity contribution in [2.75, 3.05) is 0 Å². The van der Waals surface area contributed by atoms with Gasteiger partial charge in [0, 0.05) is 4.88 Å². The minimum atomic E-state index is -0.190. The fraction of sp³-hybridized carbons (Fsp3) is 0.556. The molecule has 11 heavy (non-hydrogen) atoms. The third-order valence-electron chi connectivity index (χ3n) is 2.41. The molecule has 1 aliphatic rings. The van der Waals surface area contributed by atoms with E-state index in [0.29, 0.717) is 5.92 Å². The lowest BCUT2D eigenvalue weighted by Crippen LogP contribution is -1.97. The van der Waals surface area contributed by atoms with Crippen LogP contribution in [-0.4, -0.2) is 5.11 Å². The average molecular weight is 168 g/mol. The zero-order valence-corrected chi connectivity index (χ0v) is 7.34. The van der Waals surface area contributed by atoms with E-state index < -0.39 is 0 Å². The van der Waals surface area contributed by atoms with E-state index >= 15 is 0 Å². The Hall–Kier alpha value is -0.340. The van der Waals surface area contributed by atoms with Crippen LogP contribution in [0.5, 0.6) is 0 Å². The Kier molecular flexibility index (Phi) is 1.74. The van der Waals surface area contributed by atoms with E-state index in [4.69, 9.17) is 0 Å². The summed E-state index contributed by atoms with van der Waals surface area (Å²) in [4.78, 5) is 1.12. The number of thiophene rings is 1. The zero-order valence-electron chi connectivity index (χ0n) is 6.53. The van der Waals surface area contributed by atoms with Crippen LogP contribution in [0.1, 0.15) is 24.3 Å². The van der Waals surface area contributed by atoms with Crippen LogP contribution in [0, 0.1) is 11.8 Å². The van der Waals surface area contributed by atoms with Crippen LogP contribution in [0.25, 0.3) is 0 Å². The zero-order chi connectivity index (χ0) is 7.84. The lowest BCUT2D eigenvalue weighted by atomic mass is 10.2. The highest BCUT2D eigenvalue weighted by Gasteiger charge is 2.39. The first-order valence-corrected chi connectivity index (χ1v) is 4.88. The second-order valence-electron chi connectivity index (χ2n) is 3.34. The highest BCUT2D eigenvalue weighted by atomic mass is 32.1. The van der Waals surface area contributed by atoms with Gasteiger partial charge in [-0.1, -0.05) is 13.0 Å². The van der Waals surface area contributed by atoms with Crippen molar-refractivity contribution in [3.05, 3.63) is 22.4 Å². The number of aliphatic hydroxyl groups excluding tert-OH is 1. The van der Waals surface area contributed by atoms with Gasteiger partial charge in [0.15, 0.2) is 0 Å². The SMILES string of the molecule is CC1CC1C(O)c1cccs1. The Morgan fingerprint density at radius 2 is 2.45 bits per heavy atom. The lowest BCUT2D eigenvalue weighted by Gasteiger charge is -2.05. The first kappa shape index (κ1) is 7.32. The first-order valence-electron chi connectivity index (χ1n) is 4.00. The van der Waals surface area contributed by atoms with Crippen molar-refractivity contribution in [3.63, 3.8) is 0 Å². The molecule has 0 amide bonds. The molecule has 1 saturated carbocycles. The summed E-state index contributed by atoms with van der Waals surface area (Å²) >= 11 is 1.65. The summed E-state index contributed by atoms with van der Waals surface area (Å²) in [6.07, 6.45) is 1.00. The molecular formula is C9H12OS. The van der Waals surface area contributed by atoms with Crippen LogP contribution < -0.4 is 0 Å². The van der Waals surface area contributed by atoms with Crippen LogP contribution in [0.3, 0.4) is 0 Å². The molecule has 3 atom stereocenters. The molecule has 0 radical (unpaired) electrons. The van der Waals surface area contributed by atoms with Gasteiger partial charge in [-0.15, -0.1) is 11.3 Å². The smallest absolute Gasteiger partial charge is 0.0912 e. The number of hydrogen-bond donors (Lipinski definition) is 1. The molecule has 2 rings (SSSR count). The van der Waals surface area contributed by atoms with Crippen molar-refractivity contribution in [1.82, 2.24) is 0 Å². The molecule has 0 aliphatic heterocycles. The normalized spacial score (nSPS) is 31.8. The molecule has 0 saturated heterocycles. The van der Waals surface area contributed by atoms with Gasteiger partial charge in [0.2, 0.25) is 0 Å². The van der Waals surface area contributed by atoms with Gasteiger partial charge in [0.25, 0.3) is 0 Å². The third-order valence-corrected chi connectivity index (χ3v) is 3.35. The highest BCUT2D eigenvalue weighted by molar-refractivity contribution is 7.10. The second-order valence-corrected chi connectivity index (χ2v) is 4.32. The molecule has 1 nitrogen and oxygen atoms in total. The van der Waals surface area contributed by atoms with Crippen molar-refractivity contribution in [3.8, 4) is 0 Å². The molecule has 60 valence electrons. The van der Waals surface area contributed by atoms with Gasteiger partial charge < -0.3 is 5.11 Å².